The highest BCUT2D eigenvalue weighted by Gasteiger charge is 2.02. The minimum Gasteiger partial charge on any atom is -0.482 e. The van der Waals surface area contributed by atoms with Gasteiger partial charge in [-0.15, -0.1) is 0 Å². The van der Waals surface area contributed by atoms with E-state index in [1.165, 1.54) is 0 Å². The molecule has 0 spiro atoms. The van der Waals surface area contributed by atoms with Gasteiger partial charge < -0.3 is 15.8 Å². The monoisotopic (exact) mass is 251 g/mol. The Morgan fingerprint density at radius 3 is 2.94 bits per heavy atom. The van der Waals surface area contributed by atoms with E-state index in [4.69, 9.17) is 10.5 Å². The van der Waals surface area contributed by atoms with E-state index in [-0.39, 0.29) is 12.5 Å². The van der Waals surface area contributed by atoms with Gasteiger partial charge in [0.15, 0.2) is 6.61 Å². The van der Waals surface area contributed by atoms with Crippen LogP contribution >= 0.6 is 0 Å². The lowest BCUT2D eigenvalue weighted by atomic mass is 10.3. The number of nitrogens with two attached hydrogens (primary N) is 1. The highest BCUT2D eigenvalue weighted by molar-refractivity contribution is 5.77. The standard InChI is InChI=1S/C13H21N3O2/c1-2-3-8-15-13(17)10-18-12-5-4-11(6-7-14)16-9-12/h4-5,9H,2-3,6-8,10,14H2,1H3,(H,15,17). The molecule has 1 aromatic rings. The number of nitrogens with one attached hydrogen (secondary N) is 1. The zero-order chi connectivity index (χ0) is 13.2. The van der Waals surface area contributed by atoms with Crippen LogP contribution in [0.25, 0.3) is 0 Å². The molecule has 1 rings (SSSR count). The van der Waals surface area contributed by atoms with Crippen molar-refractivity contribution in [1.29, 1.82) is 0 Å². The predicted molar refractivity (Wildman–Crippen MR) is 70.4 cm³/mol. The molecule has 0 fully saturated rings. The Morgan fingerprint density at radius 2 is 2.33 bits per heavy atom. The number of pyridine rings is 1. The van der Waals surface area contributed by atoms with Crippen molar-refractivity contribution in [2.45, 2.75) is 26.2 Å². The van der Waals surface area contributed by atoms with Crippen molar-refractivity contribution in [3.05, 3.63) is 24.0 Å². The van der Waals surface area contributed by atoms with E-state index in [0.29, 0.717) is 18.8 Å². The molecule has 0 saturated heterocycles. The van der Waals surface area contributed by atoms with Gasteiger partial charge in [-0.25, -0.2) is 0 Å². The number of hydrogen-bond donors (Lipinski definition) is 2. The lowest BCUT2D eigenvalue weighted by Gasteiger charge is -2.07. The fraction of sp³-hybridized carbons (Fsp3) is 0.538. The first-order valence-electron chi connectivity index (χ1n) is 6.30. The van der Waals surface area contributed by atoms with Gasteiger partial charge in [0.2, 0.25) is 0 Å². The maximum absolute atomic E-state index is 11.4. The molecule has 0 saturated carbocycles. The molecule has 5 heteroatoms. The van der Waals surface area contributed by atoms with E-state index in [2.05, 4.69) is 17.2 Å². The lowest BCUT2D eigenvalue weighted by Crippen LogP contribution is -2.29. The molecule has 1 heterocycles. The van der Waals surface area contributed by atoms with Crippen LogP contribution < -0.4 is 15.8 Å². The van der Waals surface area contributed by atoms with E-state index >= 15 is 0 Å². The normalized spacial score (nSPS) is 10.1. The maximum atomic E-state index is 11.4. The Bertz CT molecular complexity index is 352. The zero-order valence-corrected chi connectivity index (χ0v) is 10.8. The van der Waals surface area contributed by atoms with E-state index in [9.17, 15) is 4.79 Å². The largest absolute Gasteiger partial charge is 0.482 e. The molecule has 1 aromatic heterocycles. The molecule has 0 aromatic carbocycles. The molecule has 100 valence electrons. The summed E-state index contributed by atoms with van der Waals surface area (Å²) in [5, 5.41) is 2.78. The third-order valence-electron chi connectivity index (χ3n) is 2.42. The highest BCUT2D eigenvalue weighted by Crippen LogP contribution is 2.08. The van der Waals surface area contributed by atoms with Crippen molar-refractivity contribution >= 4 is 5.91 Å². The summed E-state index contributed by atoms with van der Waals surface area (Å²) in [6.45, 7) is 3.39. The third kappa shape index (κ3) is 5.63. The van der Waals surface area contributed by atoms with Crippen molar-refractivity contribution in [2.75, 3.05) is 19.7 Å². The molecule has 0 aliphatic carbocycles. The number of unbranched alkanes of at least 4 members (excludes halogenated alkanes) is 1. The Labute approximate surface area is 108 Å². The van der Waals surface area contributed by atoms with Crippen LogP contribution in [0.2, 0.25) is 0 Å². The second-order valence-electron chi connectivity index (χ2n) is 4.02. The van der Waals surface area contributed by atoms with Crippen LogP contribution in [-0.2, 0) is 11.2 Å². The number of amides is 1. The topological polar surface area (TPSA) is 77.2 Å². The maximum Gasteiger partial charge on any atom is 0.257 e. The summed E-state index contributed by atoms with van der Waals surface area (Å²) >= 11 is 0. The summed E-state index contributed by atoms with van der Waals surface area (Å²) < 4.78 is 5.33. The van der Waals surface area contributed by atoms with Crippen LogP contribution in [0.15, 0.2) is 18.3 Å². The Hall–Kier alpha value is -1.62. The van der Waals surface area contributed by atoms with Crippen LogP contribution in [0, 0.1) is 0 Å². The molecule has 0 unspecified atom stereocenters. The van der Waals surface area contributed by atoms with Crippen molar-refractivity contribution in [1.82, 2.24) is 10.3 Å². The van der Waals surface area contributed by atoms with Crippen LogP contribution in [0.3, 0.4) is 0 Å². The van der Waals surface area contributed by atoms with Crippen LogP contribution in [0.4, 0.5) is 0 Å². The van der Waals surface area contributed by atoms with Crippen molar-refractivity contribution in [3.8, 4) is 5.75 Å². The van der Waals surface area contributed by atoms with Crippen LogP contribution in [-0.4, -0.2) is 30.6 Å². The number of carbonyl (C=O) groups excluding carboxylic acids is 1. The first kappa shape index (κ1) is 14.4. The van der Waals surface area contributed by atoms with Gasteiger partial charge >= 0.3 is 0 Å². The Morgan fingerprint density at radius 1 is 1.50 bits per heavy atom. The number of nitrogens with zero attached hydrogens (tertiary/aromatic N) is 1. The molecule has 3 N–H and O–H groups in total. The smallest absolute Gasteiger partial charge is 0.257 e. The van der Waals surface area contributed by atoms with Gasteiger partial charge in [0.25, 0.3) is 5.91 Å². The third-order valence-corrected chi connectivity index (χ3v) is 2.42. The van der Waals surface area contributed by atoms with Crippen LogP contribution in [0.1, 0.15) is 25.5 Å². The van der Waals surface area contributed by atoms with Gasteiger partial charge in [-0.3, -0.25) is 9.78 Å². The summed E-state index contributed by atoms with van der Waals surface area (Å²) in [5.41, 5.74) is 6.36. The Kier molecular flexibility index (Phi) is 6.79. The van der Waals surface area contributed by atoms with Gasteiger partial charge in [-0.1, -0.05) is 13.3 Å². The van der Waals surface area contributed by atoms with Crippen LogP contribution in [0.5, 0.6) is 5.75 Å². The van der Waals surface area contributed by atoms with E-state index in [1.807, 2.05) is 6.07 Å². The second kappa shape index (κ2) is 8.47. The van der Waals surface area contributed by atoms with Gasteiger partial charge in [0.1, 0.15) is 5.75 Å². The molecule has 0 aliphatic rings. The molecular formula is C13H21N3O2. The van der Waals surface area contributed by atoms with Crippen molar-refractivity contribution in [2.24, 2.45) is 5.73 Å². The summed E-state index contributed by atoms with van der Waals surface area (Å²) in [6, 6.07) is 3.66. The van der Waals surface area contributed by atoms with E-state index in [1.54, 1.807) is 12.3 Å². The Balaban J connectivity index is 2.27. The molecule has 0 bridgehead atoms. The van der Waals surface area contributed by atoms with Gasteiger partial charge in [0, 0.05) is 18.7 Å². The molecule has 18 heavy (non-hydrogen) atoms. The van der Waals surface area contributed by atoms with E-state index in [0.717, 1.165) is 25.0 Å². The molecule has 0 aliphatic heterocycles. The fourth-order valence-electron chi connectivity index (χ4n) is 1.40. The predicted octanol–water partition coefficient (Wildman–Crippen LogP) is 0.878. The first-order chi connectivity index (χ1) is 8.76. The van der Waals surface area contributed by atoms with Gasteiger partial charge in [-0.2, -0.15) is 0 Å². The highest BCUT2D eigenvalue weighted by atomic mass is 16.5. The minimum absolute atomic E-state index is 0.0294. The molecule has 5 nitrogen and oxygen atoms in total. The van der Waals surface area contributed by atoms with Crippen molar-refractivity contribution in [3.63, 3.8) is 0 Å². The average molecular weight is 251 g/mol. The minimum atomic E-state index is -0.102. The average Bonchev–Trinajstić information content (AvgIpc) is 2.39. The number of aromatic nitrogens is 1. The fourth-order valence-corrected chi connectivity index (χ4v) is 1.40. The molecule has 1 amide bonds. The number of hydrogen-bond acceptors (Lipinski definition) is 4. The summed E-state index contributed by atoms with van der Waals surface area (Å²) in [6.07, 6.45) is 4.41. The second-order valence-corrected chi connectivity index (χ2v) is 4.02. The molecule has 0 atom stereocenters. The molecular weight excluding hydrogens is 230 g/mol. The first-order valence-corrected chi connectivity index (χ1v) is 6.30. The summed E-state index contributed by atoms with van der Waals surface area (Å²) in [5.74, 6) is 0.496. The lowest BCUT2D eigenvalue weighted by molar-refractivity contribution is -0.123. The summed E-state index contributed by atoms with van der Waals surface area (Å²) in [7, 11) is 0. The molecule has 0 radical (unpaired) electrons. The number of ether oxygens (including phenoxy) is 1. The number of rotatable bonds is 8. The quantitative estimate of drug-likeness (QED) is 0.672. The van der Waals surface area contributed by atoms with E-state index < -0.39 is 0 Å². The van der Waals surface area contributed by atoms with Gasteiger partial charge in [-0.05, 0) is 25.1 Å². The summed E-state index contributed by atoms with van der Waals surface area (Å²) in [4.78, 5) is 15.6. The van der Waals surface area contributed by atoms with Gasteiger partial charge in [0.05, 0.1) is 6.20 Å². The zero-order valence-electron chi connectivity index (χ0n) is 10.8. The van der Waals surface area contributed by atoms with Crippen molar-refractivity contribution < 1.29 is 9.53 Å². The number of carbonyl (C=O) groups is 1. The SMILES string of the molecule is CCCCNC(=O)COc1ccc(CCN)nc1.